The van der Waals surface area contributed by atoms with Gasteiger partial charge in [0, 0.05) is 54.4 Å². The van der Waals surface area contributed by atoms with Crippen molar-refractivity contribution in [2.45, 2.75) is 0 Å². The Kier molecular flexibility index (Phi) is 376. The molecule has 0 atom stereocenters. The van der Waals surface area contributed by atoms with Crippen LogP contribution in [-0.2, 0) is 78.7 Å². The smallest absolute Gasteiger partial charge is 0 e. The van der Waals surface area contributed by atoms with Gasteiger partial charge in [-0.15, -0.1) is 0 Å². The third kappa shape index (κ3) is 33.7. The zero-order valence-corrected chi connectivity index (χ0v) is 9.53. The molecule has 0 unspecified atom stereocenters. The predicted molar refractivity (Wildman–Crippen MR) is 7.91 cm³/mol. The Labute approximate surface area is 88.3 Å². The fraction of sp³-hybridized carbons (Fsp3) is 0. The summed E-state index contributed by atoms with van der Waals surface area (Å²) in [5, 5.41) is 0. The van der Waals surface area contributed by atoms with Crippen LogP contribution in [0.3, 0.4) is 0 Å². The van der Waals surface area contributed by atoms with E-state index in [4.69, 9.17) is 3.25 Å². The van der Waals surface area contributed by atoms with Crippen LogP contribution >= 0.6 is 0 Å². The van der Waals surface area contributed by atoms with E-state index in [1.54, 1.807) is 0 Å². The van der Waals surface area contributed by atoms with Gasteiger partial charge in [0.1, 0.15) is 0 Å². The molecule has 4 N–H and O–H groups in total. The van der Waals surface area contributed by atoms with Crippen LogP contribution in [0, 0.1) is 0 Å². The molecule has 0 bridgehead atoms. The first-order valence-electron chi connectivity index (χ1n) is 0.183. The number of hydrogen-bond acceptors (Lipinski definition) is 1. The molecule has 0 aliphatic rings. The number of hydrogen-bond donors (Lipinski definition) is 0. The molecule has 0 aromatic rings. The summed E-state index contributed by atoms with van der Waals surface area (Å²) in [4.78, 5) is 0. The molecule has 0 rings (SSSR count). The summed E-state index contributed by atoms with van der Waals surface area (Å²) in [5.41, 5.74) is 0. The molecular weight excluding hydrogens is 278 g/mol. The first-order chi connectivity index (χ1) is 1.00. The van der Waals surface area contributed by atoms with Crippen molar-refractivity contribution in [1.29, 1.82) is 0 Å². The Bertz CT molecular complexity index is 10.8. The molecule has 0 aromatic heterocycles. The molecule has 34 valence electrons. The van der Waals surface area contributed by atoms with Crippen molar-refractivity contribution in [3.8, 4) is 0 Å². The third-order valence-corrected chi connectivity index (χ3v) is 0. The normalized spacial score (nSPS) is 0.500. The quantitative estimate of drug-likeness (QED) is 0.484. The monoisotopic (exact) mass is 282 g/mol. The summed E-state index contributed by atoms with van der Waals surface area (Å²) < 4.78 is 8.30. The van der Waals surface area contributed by atoms with Crippen LogP contribution in [-0.4, -0.2) is 11.0 Å². The third-order valence-electron chi connectivity index (χ3n) is 0. The zero-order valence-electron chi connectivity index (χ0n) is 2.93. The maximum absolute atomic E-state index is 8.30. The van der Waals surface area contributed by atoms with Gasteiger partial charge in [-0.25, -0.2) is 0 Å². The van der Waals surface area contributed by atoms with Crippen molar-refractivity contribution in [3.05, 3.63) is 0 Å². The first kappa shape index (κ1) is 40.8. The Morgan fingerprint density at radius 3 is 1.00 bits per heavy atom. The van der Waals surface area contributed by atoms with Gasteiger partial charge in [0.15, 0.2) is 0 Å². The molecule has 0 fully saturated rings. The van der Waals surface area contributed by atoms with Crippen molar-refractivity contribution in [2.24, 2.45) is 0 Å². The van der Waals surface area contributed by atoms with Crippen molar-refractivity contribution in [1.82, 2.24) is 0 Å². The molecule has 0 aliphatic carbocycles. The molecule has 0 aliphatic heterocycles. The van der Waals surface area contributed by atoms with Crippen molar-refractivity contribution < 1.29 is 89.7 Å². The van der Waals surface area contributed by atoms with E-state index in [0.717, 1.165) is 0 Å². The minimum absolute atomic E-state index is 0. The van der Waals surface area contributed by atoms with Crippen LogP contribution in [0.25, 0.3) is 0 Å². The van der Waals surface area contributed by atoms with Crippen LogP contribution in [0.4, 0.5) is 0 Å². The topological polar surface area (TPSA) is 80.1 Å². The fourth-order valence-corrected chi connectivity index (χ4v) is 0. The van der Waals surface area contributed by atoms with Gasteiger partial charge in [-0.2, -0.15) is 0 Å². The minimum atomic E-state index is 0. The van der Waals surface area contributed by atoms with E-state index in [2.05, 4.69) is 0 Å². The molecule has 0 saturated heterocycles. The summed E-state index contributed by atoms with van der Waals surface area (Å²) in [7, 11) is 0. The maximum Gasteiger partial charge on any atom is 0 e. The molecule has 0 heterocycles. The van der Waals surface area contributed by atoms with Gasteiger partial charge in [-0.1, -0.05) is 0 Å². The van der Waals surface area contributed by atoms with E-state index in [1.807, 2.05) is 0 Å². The summed E-state index contributed by atoms with van der Waals surface area (Å²) in [5.74, 6) is 0. The molecule has 0 saturated carbocycles. The summed E-state index contributed by atoms with van der Waals surface area (Å²) >= 11 is 0.500. The SMILES string of the molecule is O.O.[O]=[Nb].[Ti].[Y]. The van der Waals surface area contributed by atoms with Crippen molar-refractivity contribution in [2.75, 3.05) is 0 Å². The molecule has 0 spiro atoms. The van der Waals surface area contributed by atoms with Crippen LogP contribution in [0.15, 0.2) is 0 Å². The van der Waals surface area contributed by atoms with E-state index < -0.39 is 0 Å². The Hall–Kier alpha value is 2.28. The van der Waals surface area contributed by atoms with Crippen LogP contribution < -0.4 is 0 Å². The second-order valence-electron chi connectivity index (χ2n) is 0. The molecule has 0 amide bonds. The molecule has 1 radical (unpaired) electrons. The Morgan fingerprint density at radius 1 is 1.00 bits per heavy atom. The Balaban J connectivity index is -0.000000000833. The molecule has 3 nitrogen and oxygen atoms in total. The van der Waals surface area contributed by atoms with E-state index in [9.17, 15) is 0 Å². The fourth-order valence-electron chi connectivity index (χ4n) is 0. The molecular formula is H4NbO3TiY. The predicted octanol–water partition coefficient (Wildman–Crippen LogP) is -1.78. The minimum Gasteiger partial charge on any atom is 0 e. The largest absolute Gasteiger partial charge is 0 e. The summed E-state index contributed by atoms with van der Waals surface area (Å²) in [6.45, 7) is 0. The molecule has 6 heavy (non-hydrogen) atoms. The maximum atomic E-state index is 8.30. The van der Waals surface area contributed by atoms with Crippen LogP contribution in [0.2, 0.25) is 0 Å². The Morgan fingerprint density at radius 2 is 1.00 bits per heavy atom. The van der Waals surface area contributed by atoms with Crippen molar-refractivity contribution >= 4 is 0 Å². The van der Waals surface area contributed by atoms with Crippen molar-refractivity contribution in [3.63, 3.8) is 0 Å². The van der Waals surface area contributed by atoms with E-state index in [1.165, 1.54) is 0 Å². The van der Waals surface area contributed by atoms with Gasteiger partial charge < -0.3 is 11.0 Å². The average molecular weight is 282 g/mol. The summed E-state index contributed by atoms with van der Waals surface area (Å²) in [6.07, 6.45) is 0. The van der Waals surface area contributed by atoms with Gasteiger partial charge >= 0.3 is 24.3 Å². The molecule has 6 heteroatoms. The second-order valence-corrected chi connectivity index (χ2v) is 0. The zero-order chi connectivity index (χ0) is 2.00. The standard InChI is InChI=1S/Nb.2H2O.O.Ti.Y/h;2*1H2;;;. The van der Waals surface area contributed by atoms with Crippen LogP contribution in [0.1, 0.15) is 0 Å². The van der Waals surface area contributed by atoms with Gasteiger partial charge in [-0.3, -0.25) is 0 Å². The van der Waals surface area contributed by atoms with Gasteiger partial charge in [0.25, 0.3) is 0 Å². The molecule has 0 aromatic carbocycles. The van der Waals surface area contributed by atoms with Gasteiger partial charge in [-0.05, 0) is 0 Å². The number of rotatable bonds is 0. The van der Waals surface area contributed by atoms with E-state index in [0.29, 0.717) is 21.0 Å². The first-order valence-corrected chi connectivity index (χ1v) is 1.08. The van der Waals surface area contributed by atoms with E-state index in [-0.39, 0.29) is 65.4 Å². The van der Waals surface area contributed by atoms with E-state index >= 15 is 0 Å². The average Bonchev–Trinajstić information content (AvgIpc) is 1.00. The second kappa shape index (κ2) is 55.3. The van der Waals surface area contributed by atoms with Gasteiger partial charge in [0.05, 0.1) is 0 Å². The van der Waals surface area contributed by atoms with Gasteiger partial charge in [0.2, 0.25) is 0 Å². The summed E-state index contributed by atoms with van der Waals surface area (Å²) in [6, 6.07) is 0. The van der Waals surface area contributed by atoms with Crippen LogP contribution in [0.5, 0.6) is 0 Å².